The maximum atomic E-state index is 2.58. The first-order chi connectivity index (χ1) is 5.86. The summed E-state index contributed by atoms with van der Waals surface area (Å²) in [5, 5.41) is 0. The summed E-state index contributed by atoms with van der Waals surface area (Å²) < 4.78 is 0. The number of rotatable bonds is 0. The van der Waals surface area contributed by atoms with Gasteiger partial charge in [-0.15, -0.1) is 0 Å². The number of hydrogen-bond acceptors (Lipinski definition) is 0. The molecule has 0 saturated heterocycles. The Hall–Kier alpha value is -0.260. The standard InChI is InChI=1S/C12H20/c1-10-5-4-8-11-6-2-3-7-12(11)9-10/h9,11-12H,2-8H2,1H3. The van der Waals surface area contributed by atoms with E-state index in [9.17, 15) is 0 Å². The topological polar surface area (TPSA) is 0 Å². The van der Waals surface area contributed by atoms with Gasteiger partial charge in [-0.2, -0.15) is 0 Å². The quantitative estimate of drug-likeness (QED) is 0.476. The molecule has 2 unspecified atom stereocenters. The van der Waals surface area contributed by atoms with E-state index in [1.165, 1.54) is 44.9 Å². The Balaban J connectivity index is 2.08. The highest BCUT2D eigenvalue weighted by Gasteiger charge is 2.24. The Labute approximate surface area is 76.1 Å². The third kappa shape index (κ3) is 1.73. The number of hydrogen-bond donors (Lipinski definition) is 0. The summed E-state index contributed by atoms with van der Waals surface area (Å²) in [6, 6.07) is 0. The van der Waals surface area contributed by atoms with E-state index in [1.807, 2.05) is 0 Å². The monoisotopic (exact) mass is 164 g/mol. The lowest BCUT2D eigenvalue weighted by Crippen LogP contribution is -2.16. The van der Waals surface area contributed by atoms with E-state index >= 15 is 0 Å². The summed E-state index contributed by atoms with van der Waals surface area (Å²) in [5.41, 5.74) is 1.66. The molecule has 2 aliphatic carbocycles. The van der Waals surface area contributed by atoms with E-state index in [4.69, 9.17) is 0 Å². The predicted molar refractivity (Wildman–Crippen MR) is 53.1 cm³/mol. The molecule has 0 aromatic rings. The van der Waals surface area contributed by atoms with Crippen LogP contribution in [-0.2, 0) is 0 Å². The van der Waals surface area contributed by atoms with Crippen LogP contribution in [-0.4, -0.2) is 0 Å². The van der Waals surface area contributed by atoms with Crippen LogP contribution in [0.15, 0.2) is 11.6 Å². The molecule has 1 saturated carbocycles. The zero-order chi connectivity index (χ0) is 8.39. The van der Waals surface area contributed by atoms with Crippen molar-refractivity contribution in [3.63, 3.8) is 0 Å². The van der Waals surface area contributed by atoms with Gasteiger partial charge in [-0.25, -0.2) is 0 Å². The third-order valence-electron chi connectivity index (χ3n) is 3.61. The van der Waals surface area contributed by atoms with Crippen LogP contribution >= 0.6 is 0 Å². The Morgan fingerprint density at radius 2 is 1.83 bits per heavy atom. The lowest BCUT2D eigenvalue weighted by atomic mass is 9.78. The van der Waals surface area contributed by atoms with Crippen molar-refractivity contribution in [2.45, 2.75) is 51.9 Å². The second-order valence-corrected chi connectivity index (χ2v) is 4.61. The molecular weight excluding hydrogens is 144 g/mol. The van der Waals surface area contributed by atoms with Crippen LogP contribution in [0.2, 0.25) is 0 Å². The largest absolute Gasteiger partial charge is 0.0822 e. The van der Waals surface area contributed by atoms with Gasteiger partial charge in [0.2, 0.25) is 0 Å². The summed E-state index contributed by atoms with van der Waals surface area (Å²) in [6.07, 6.45) is 12.8. The van der Waals surface area contributed by atoms with Gasteiger partial charge in [-0.3, -0.25) is 0 Å². The smallest absolute Gasteiger partial charge is 0.0203 e. The molecule has 2 aliphatic rings. The van der Waals surface area contributed by atoms with Crippen LogP contribution in [0.5, 0.6) is 0 Å². The molecule has 0 N–H and O–H groups in total. The lowest BCUT2D eigenvalue weighted by Gasteiger charge is -2.28. The van der Waals surface area contributed by atoms with Crippen molar-refractivity contribution in [1.29, 1.82) is 0 Å². The minimum absolute atomic E-state index is 0.959. The first-order valence-electron chi connectivity index (χ1n) is 5.53. The second kappa shape index (κ2) is 3.64. The number of fused-ring (bicyclic) bond motifs is 1. The Bertz CT molecular complexity index is 178. The average Bonchev–Trinajstić information content (AvgIpc) is 2.25. The highest BCUT2D eigenvalue weighted by atomic mass is 14.3. The highest BCUT2D eigenvalue weighted by Crippen LogP contribution is 2.37. The van der Waals surface area contributed by atoms with Crippen LogP contribution < -0.4 is 0 Å². The molecule has 0 heterocycles. The maximum Gasteiger partial charge on any atom is -0.0203 e. The Kier molecular flexibility index (Phi) is 2.53. The minimum Gasteiger partial charge on any atom is -0.0822 e. The third-order valence-corrected chi connectivity index (χ3v) is 3.61. The summed E-state index contributed by atoms with van der Waals surface area (Å²) in [6.45, 7) is 2.32. The van der Waals surface area contributed by atoms with Crippen molar-refractivity contribution >= 4 is 0 Å². The number of allylic oxidation sites excluding steroid dienone is 2. The van der Waals surface area contributed by atoms with Crippen molar-refractivity contribution in [3.05, 3.63) is 11.6 Å². The fraction of sp³-hybridized carbons (Fsp3) is 0.833. The van der Waals surface area contributed by atoms with Crippen LogP contribution in [0, 0.1) is 11.8 Å². The van der Waals surface area contributed by atoms with Crippen molar-refractivity contribution in [2.24, 2.45) is 11.8 Å². The van der Waals surface area contributed by atoms with Gasteiger partial charge in [0.25, 0.3) is 0 Å². The summed E-state index contributed by atoms with van der Waals surface area (Å²) >= 11 is 0. The highest BCUT2D eigenvalue weighted by molar-refractivity contribution is 5.05. The molecule has 0 bridgehead atoms. The molecule has 0 aromatic heterocycles. The van der Waals surface area contributed by atoms with Crippen LogP contribution in [0.4, 0.5) is 0 Å². The summed E-state index contributed by atoms with van der Waals surface area (Å²) in [4.78, 5) is 0. The van der Waals surface area contributed by atoms with E-state index in [0.29, 0.717) is 0 Å². The first-order valence-corrected chi connectivity index (χ1v) is 5.53. The van der Waals surface area contributed by atoms with Crippen molar-refractivity contribution < 1.29 is 0 Å². The molecule has 0 radical (unpaired) electrons. The van der Waals surface area contributed by atoms with Gasteiger partial charge in [0.1, 0.15) is 0 Å². The molecule has 0 spiro atoms. The molecule has 2 rings (SSSR count). The van der Waals surface area contributed by atoms with E-state index < -0.39 is 0 Å². The maximum absolute atomic E-state index is 2.58. The Morgan fingerprint density at radius 1 is 1.08 bits per heavy atom. The molecule has 0 heteroatoms. The van der Waals surface area contributed by atoms with Gasteiger partial charge < -0.3 is 0 Å². The summed E-state index contributed by atoms with van der Waals surface area (Å²) in [5.74, 6) is 2.01. The normalized spacial score (nSPS) is 36.6. The van der Waals surface area contributed by atoms with E-state index in [-0.39, 0.29) is 0 Å². The van der Waals surface area contributed by atoms with Crippen LogP contribution in [0.25, 0.3) is 0 Å². The van der Waals surface area contributed by atoms with Crippen LogP contribution in [0.3, 0.4) is 0 Å². The minimum atomic E-state index is 0.959. The Morgan fingerprint density at radius 3 is 2.75 bits per heavy atom. The SMILES string of the molecule is CC1=CC2CCCCC2CCC1. The molecule has 0 amide bonds. The first kappa shape index (κ1) is 8.34. The van der Waals surface area contributed by atoms with E-state index in [0.717, 1.165) is 11.8 Å². The lowest BCUT2D eigenvalue weighted by molar-refractivity contribution is 0.270. The van der Waals surface area contributed by atoms with Gasteiger partial charge in [-0.05, 0) is 50.9 Å². The predicted octanol–water partition coefficient (Wildman–Crippen LogP) is 3.92. The van der Waals surface area contributed by atoms with Gasteiger partial charge in [0.05, 0.1) is 0 Å². The second-order valence-electron chi connectivity index (χ2n) is 4.61. The molecular formula is C12H20. The molecule has 68 valence electrons. The molecule has 1 fully saturated rings. The molecule has 2 atom stereocenters. The van der Waals surface area contributed by atoms with Crippen LogP contribution in [0.1, 0.15) is 51.9 Å². The fourth-order valence-corrected chi connectivity index (χ4v) is 2.91. The van der Waals surface area contributed by atoms with E-state index in [2.05, 4.69) is 13.0 Å². The van der Waals surface area contributed by atoms with Crippen molar-refractivity contribution in [2.75, 3.05) is 0 Å². The van der Waals surface area contributed by atoms with Crippen molar-refractivity contribution in [1.82, 2.24) is 0 Å². The van der Waals surface area contributed by atoms with Crippen molar-refractivity contribution in [3.8, 4) is 0 Å². The average molecular weight is 164 g/mol. The van der Waals surface area contributed by atoms with E-state index in [1.54, 1.807) is 5.57 Å². The zero-order valence-corrected chi connectivity index (χ0v) is 8.18. The molecule has 0 aliphatic heterocycles. The molecule has 0 aromatic carbocycles. The van der Waals surface area contributed by atoms with Gasteiger partial charge >= 0.3 is 0 Å². The molecule has 12 heavy (non-hydrogen) atoms. The van der Waals surface area contributed by atoms with Gasteiger partial charge in [0.15, 0.2) is 0 Å². The summed E-state index contributed by atoms with van der Waals surface area (Å²) in [7, 11) is 0. The van der Waals surface area contributed by atoms with Gasteiger partial charge in [0, 0.05) is 0 Å². The zero-order valence-electron chi connectivity index (χ0n) is 8.18. The molecule has 0 nitrogen and oxygen atoms in total. The van der Waals surface area contributed by atoms with Gasteiger partial charge in [-0.1, -0.05) is 24.5 Å². The fourth-order valence-electron chi connectivity index (χ4n) is 2.91.